The minimum atomic E-state index is -3.69. The van der Waals surface area contributed by atoms with Crippen molar-refractivity contribution >= 4 is 25.9 Å². The van der Waals surface area contributed by atoms with Crippen LogP contribution in [0.2, 0.25) is 0 Å². The van der Waals surface area contributed by atoms with Gasteiger partial charge in [0.25, 0.3) is 0 Å². The van der Waals surface area contributed by atoms with Crippen molar-refractivity contribution in [3.63, 3.8) is 0 Å². The predicted octanol–water partition coefficient (Wildman–Crippen LogP) is -0.140. The Bertz CT molecular complexity index is 641. The third-order valence-corrected chi connectivity index (χ3v) is 4.80. The van der Waals surface area contributed by atoms with E-state index in [-0.39, 0.29) is 23.6 Å². The number of nitrogens with zero attached hydrogens (tertiary/aromatic N) is 1. The van der Waals surface area contributed by atoms with E-state index in [1.165, 1.54) is 12.3 Å². The Hall–Kier alpha value is -1.23. The highest BCUT2D eigenvalue weighted by molar-refractivity contribution is 7.89. The Balaban J connectivity index is 2.57. The molecule has 0 fully saturated rings. The van der Waals surface area contributed by atoms with E-state index in [0.29, 0.717) is 5.82 Å². The lowest BCUT2D eigenvalue weighted by Gasteiger charge is -2.07. The Morgan fingerprint density at radius 1 is 1.19 bits per heavy atom. The lowest BCUT2D eigenvalue weighted by Crippen LogP contribution is -2.27. The number of anilines is 1. The highest BCUT2D eigenvalue weighted by Crippen LogP contribution is 2.10. The van der Waals surface area contributed by atoms with E-state index in [9.17, 15) is 16.8 Å². The van der Waals surface area contributed by atoms with E-state index in [4.69, 9.17) is 5.14 Å². The average Bonchev–Trinajstić information content (AvgIpc) is 2.41. The summed E-state index contributed by atoms with van der Waals surface area (Å²) in [6, 6.07) is 3.02. The summed E-state index contributed by atoms with van der Waals surface area (Å²) in [5, 5.41) is 7.87. The molecule has 1 heterocycles. The van der Waals surface area contributed by atoms with Gasteiger partial charge in [-0.3, -0.25) is 0 Å². The predicted molar refractivity (Wildman–Crippen MR) is 80.8 cm³/mol. The molecule has 4 N–H and O–H groups in total. The molecule has 0 spiro atoms. The Kier molecular flexibility index (Phi) is 6.52. The van der Waals surface area contributed by atoms with Crippen LogP contribution >= 0.6 is 0 Å². The maximum Gasteiger partial charge on any atom is 0.242 e. The van der Waals surface area contributed by atoms with E-state index in [1.54, 1.807) is 6.07 Å². The second kappa shape index (κ2) is 7.69. The first-order chi connectivity index (χ1) is 9.74. The molecule has 0 saturated heterocycles. The fourth-order valence-electron chi connectivity index (χ4n) is 1.46. The van der Waals surface area contributed by atoms with Gasteiger partial charge in [-0.15, -0.1) is 0 Å². The number of hydrogen-bond acceptors (Lipinski definition) is 6. The van der Waals surface area contributed by atoms with Gasteiger partial charge in [-0.2, -0.15) is 0 Å². The van der Waals surface area contributed by atoms with Gasteiger partial charge in [-0.05, 0) is 25.0 Å². The third kappa shape index (κ3) is 6.85. The number of primary sulfonamides is 1. The number of pyridine rings is 1. The number of nitrogens with two attached hydrogens (primary N) is 1. The second-order valence-electron chi connectivity index (χ2n) is 4.42. The van der Waals surface area contributed by atoms with Gasteiger partial charge in [0, 0.05) is 19.3 Å². The van der Waals surface area contributed by atoms with Crippen molar-refractivity contribution in [2.45, 2.75) is 24.7 Å². The minimum absolute atomic E-state index is 0.00536. The molecule has 8 nitrogen and oxygen atoms in total. The zero-order valence-corrected chi connectivity index (χ0v) is 13.4. The van der Waals surface area contributed by atoms with Gasteiger partial charge in [0.05, 0.1) is 5.75 Å². The average molecular weight is 336 g/mol. The van der Waals surface area contributed by atoms with Crippen LogP contribution in [0.4, 0.5) is 5.82 Å². The van der Waals surface area contributed by atoms with Gasteiger partial charge < -0.3 is 5.32 Å². The molecule has 0 aliphatic carbocycles. The van der Waals surface area contributed by atoms with Crippen molar-refractivity contribution in [2.75, 3.05) is 24.2 Å². The smallest absolute Gasteiger partial charge is 0.242 e. The van der Waals surface area contributed by atoms with Crippen LogP contribution in [-0.4, -0.2) is 40.7 Å². The molecule has 1 aromatic rings. The van der Waals surface area contributed by atoms with Crippen LogP contribution < -0.4 is 15.2 Å². The molecule has 0 aliphatic rings. The summed E-state index contributed by atoms with van der Waals surface area (Å²) in [5.74, 6) is 0.332. The van der Waals surface area contributed by atoms with Gasteiger partial charge in [0.15, 0.2) is 0 Å². The molecule has 0 aromatic carbocycles. The molecule has 0 radical (unpaired) electrons. The van der Waals surface area contributed by atoms with E-state index in [2.05, 4.69) is 15.0 Å². The molecule has 120 valence electrons. The van der Waals surface area contributed by atoms with Crippen molar-refractivity contribution in [3.05, 3.63) is 18.3 Å². The van der Waals surface area contributed by atoms with Gasteiger partial charge in [0.1, 0.15) is 10.7 Å². The SMILES string of the molecule is CCCNc1ccc(S(=O)(=O)NCCCS(N)(=O)=O)cn1. The first kappa shape index (κ1) is 17.8. The lowest BCUT2D eigenvalue weighted by molar-refractivity contribution is 0.576. The van der Waals surface area contributed by atoms with Crippen molar-refractivity contribution < 1.29 is 16.8 Å². The highest BCUT2D eigenvalue weighted by atomic mass is 32.2. The van der Waals surface area contributed by atoms with Crippen LogP contribution in [0.3, 0.4) is 0 Å². The zero-order chi connectivity index (χ0) is 15.9. The van der Waals surface area contributed by atoms with E-state index < -0.39 is 20.0 Å². The molecule has 0 atom stereocenters. The van der Waals surface area contributed by atoms with Gasteiger partial charge in [-0.1, -0.05) is 6.92 Å². The van der Waals surface area contributed by atoms with Crippen LogP contribution in [0.5, 0.6) is 0 Å². The topological polar surface area (TPSA) is 131 Å². The Morgan fingerprint density at radius 2 is 1.90 bits per heavy atom. The Morgan fingerprint density at radius 3 is 2.43 bits per heavy atom. The summed E-state index contributed by atoms with van der Waals surface area (Å²) in [6.07, 6.45) is 2.30. The number of aromatic nitrogens is 1. The van der Waals surface area contributed by atoms with Crippen molar-refractivity contribution in [1.29, 1.82) is 0 Å². The molecular weight excluding hydrogens is 316 g/mol. The number of hydrogen-bond donors (Lipinski definition) is 3. The molecule has 0 saturated carbocycles. The molecule has 0 aliphatic heterocycles. The van der Waals surface area contributed by atoms with Crippen molar-refractivity contribution in [2.24, 2.45) is 5.14 Å². The molecule has 0 amide bonds. The fraction of sp³-hybridized carbons (Fsp3) is 0.545. The summed E-state index contributed by atoms with van der Waals surface area (Å²) in [7, 11) is -7.27. The summed E-state index contributed by atoms with van der Waals surface area (Å²) in [4.78, 5) is 4.03. The first-order valence-corrected chi connectivity index (χ1v) is 9.64. The zero-order valence-electron chi connectivity index (χ0n) is 11.7. The van der Waals surface area contributed by atoms with Gasteiger partial charge in [0.2, 0.25) is 20.0 Å². The molecular formula is C11H20N4O4S2. The van der Waals surface area contributed by atoms with E-state index in [0.717, 1.165) is 13.0 Å². The lowest BCUT2D eigenvalue weighted by atomic mass is 10.4. The fourth-order valence-corrected chi connectivity index (χ4v) is 3.03. The molecule has 1 rings (SSSR count). The maximum absolute atomic E-state index is 11.9. The normalized spacial score (nSPS) is 12.3. The largest absolute Gasteiger partial charge is 0.370 e. The number of nitrogens with one attached hydrogen (secondary N) is 2. The molecule has 0 unspecified atom stereocenters. The number of sulfonamides is 2. The second-order valence-corrected chi connectivity index (χ2v) is 7.93. The number of rotatable bonds is 9. The van der Waals surface area contributed by atoms with Gasteiger partial charge in [-0.25, -0.2) is 31.7 Å². The summed E-state index contributed by atoms with van der Waals surface area (Å²) >= 11 is 0. The summed E-state index contributed by atoms with van der Waals surface area (Å²) in [6.45, 7) is 2.76. The third-order valence-electron chi connectivity index (χ3n) is 2.50. The van der Waals surface area contributed by atoms with Crippen LogP contribution in [0.1, 0.15) is 19.8 Å². The van der Waals surface area contributed by atoms with Crippen LogP contribution in [0, 0.1) is 0 Å². The van der Waals surface area contributed by atoms with Crippen LogP contribution in [0.25, 0.3) is 0 Å². The molecule has 1 aromatic heterocycles. The standard InChI is InChI=1S/C11H20N4O4S2/c1-2-6-13-11-5-4-10(9-14-11)21(18,19)15-7-3-8-20(12,16)17/h4-5,9,15H,2-3,6-8H2,1H3,(H,13,14)(H2,12,16,17). The summed E-state index contributed by atoms with van der Waals surface area (Å²) in [5.41, 5.74) is 0. The summed E-state index contributed by atoms with van der Waals surface area (Å²) < 4.78 is 47.6. The minimum Gasteiger partial charge on any atom is -0.370 e. The van der Waals surface area contributed by atoms with Crippen molar-refractivity contribution in [1.82, 2.24) is 9.71 Å². The van der Waals surface area contributed by atoms with Crippen molar-refractivity contribution in [3.8, 4) is 0 Å². The first-order valence-electron chi connectivity index (χ1n) is 6.44. The van der Waals surface area contributed by atoms with E-state index in [1.807, 2.05) is 6.92 Å². The van der Waals surface area contributed by atoms with Crippen LogP contribution in [-0.2, 0) is 20.0 Å². The quantitative estimate of drug-likeness (QED) is 0.538. The maximum atomic E-state index is 11.9. The highest BCUT2D eigenvalue weighted by Gasteiger charge is 2.14. The van der Waals surface area contributed by atoms with Gasteiger partial charge >= 0.3 is 0 Å². The molecule has 0 bridgehead atoms. The van der Waals surface area contributed by atoms with Crippen LogP contribution in [0.15, 0.2) is 23.2 Å². The Labute approximate surface area is 125 Å². The molecule has 21 heavy (non-hydrogen) atoms. The monoisotopic (exact) mass is 336 g/mol. The molecule has 10 heteroatoms. The van der Waals surface area contributed by atoms with E-state index >= 15 is 0 Å².